The lowest BCUT2D eigenvalue weighted by atomic mass is 9.97. The highest BCUT2D eigenvalue weighted by atomic mass is 16.5. The molecule has 0 spiro atoms. The van der Waals surface area contributed by atoms with Gasteiger partial charge in [0.05, 0.1) is 6.07 Å². The first kappa shape index (κ1) is 18.2. The highest BCUT2D eigenvalue weighted by Gasteiger charge is 2.20. The van der Waals surface area contributed by atoms with Crippen LogP contribution in [-0.2, 0) is 4.79 Å². The average Bonchev–Trinajstić information content (AvgIpc) is 2.69. The minimum atomic E-state index is -0.824. The van der Waals surface area contributed by atoms with Crippen LogP contribution in [0.15, 0.2) is 78.9 Å². The van der Waals surface area contributed by atoms with Gasteiger partial charge in [0.1, 0.15) is 29.8 Å². The molecule has 0 N–H and O–H groups in total. The van der Waals surface area contributed by atoms with Gasteiger partial charge in [-0.1, -0.05) is 42.5 Å². The van der Waals surface area contributed by atoms with E-state index in [1.807, 2.05) is 43.3 Å². The summed E-state index contributed by atoms with van der Waals surface area (Å²) in [4.78, 5) is 12.3. The van der Waals surface area contributed by atoms with E-state index in [2.05, 4.69) is 0 Å². The van der Waals surface area contributed by atoms with Gasteiger partial charge in [-0.05, 0) is 54.4 Å². The molecule has 0 aromatic heterocycles. The average molecular weight is 357 g/mol. The minimum Gasteiger partial charge on any atom is -0.486 e. The second-order valence-corrected chi connectivity index (χ2v) is 6.12. The van der Waals surface area contributed by atoms with Crippen molar-refractivity contribution >= 4 is 5.78 Å². The molecule has 0 bridgehead atoms. The number of benzene rings is 3. The highest BCUT2D eigenvalue weighted by Crippen LogP contribution is 2.25. The van der Waals surface area contributed by atoms with Gasteiger partial charge in [-0.2, -0.15) is 5.26 Å². The zero-order valence-corrected chi connectivity index (χ0v) is 15.0. The predicted octanol–water partition coefficient (Wildman–Crippen LogP) is 5.04. The Morgan fingerprint density at radius 1 is 0.926 bits per heavy atom. The molecule has 0 fully saturated rings. The van der Waals surface area contributed by atoms with Crippen molar-refractivity contribution in [2.24, 2.45) is 0 Å². The van der Waals surface area contributed by atoms with Gasteiger partial charge in [0.15, 0.2) is 5.78 Å². The second-order valence-electron chi connectivity index (χ2n) is 6.12. The molecule has 27 heavy (non-hydrogen) atoms. The maximum Gasteiger partial charge on any atom is 0.191 e. The van der Waals surface area contributed by atoms with Crippen molar-refractivity contribution in [2.45, 2.75) is 12.8 Å². The third-order valence-corrected chi connectivity index (χ3v) is 4.01. The van der Waals surface area contributed by atoms with Gasteiger partial charge >= 0.3 is 0 Å². The summed E-state index contributed by atoms with van der Waals surface area (Å²) < 4.78 is 11.3. The summed E-state index contributed by atoms with van der Waals surface area (Å²) in [6.07, 6.45) is 0. The number of hydrogen-bond donors (Lipinski definition) is 0. The van der Waals surface area contributed by atoms with Gasteiger partial charge in [-0.25, -0.2) is 0 Å². The fraction of sp³-hybridized carbons (Fsp3) is 0.130. The van der Waals surface area contributed by atoms with E-state index in [0.29, 0.717) is 17.1 Å². The van der Waals surface area contributed by atoms with Crippen molar-refractivity contribution in [1.29, 1.82) is 5.26 Å². The standard InChI is InChI=1S/C23H19NO3/c1-17-6-5-9-21(14-17)27-20-12-10-19(11-13-20)26-16-23(25)22(15-24)18-7-3-2-4-8-18/h2-14,22H,16H2,1H3. The largest absolute Gasteiger partial charge is 0.486 e. The summed E-state index contributed by atoms with van der Waals surface area (Å²) in [5, 5.41) is 9.30. The van der Waals surface area contributed by atoms with Crippen LogP contribution in [0.3, 0.4) is 0 Å². The SMILES string of the molecule is Cc1cccc(Oc2ccc(OCC(=O)C(C#N)c3ccccc3)cc2)c1. The molecule has 0 aliphatic rings. The summed E-state index contributed by atoms with van der Waals surface area (Å²) in [7, 11) is 0. The molecule has 0 radical (unpaired) electrons. The molecule has 0 amide bonds. The Kier molecular flexibility index (Phi) is 5.86. The molecule has 134 valence electrons. The first-order valence-corrected chi connectivity index (χ1v) is 8.60. The van der Waals surface area contributed by atoms with Gasteiger partial charge in [-0.15, -0.1) is 0 Å². The van der Waals surface area contributed by atoms with Gasteiger partial charge in [0, 0.05) is 0 Å². The summed E-state index contributed by atoms with van der Waals surface area (Å²) in [5.74, 6) is 0.889. The molecule has 3 aromatic carbocycles. The number of ketones is 1. The fourth-order valence-corrected chi connectivity index (χ4v) is 2.63. The van der Waals surface area contributed by atoms with Gasteiger partial charge in [-0.3, -0.25) is 4.79 Å². The molecule has 0 saturated heterocycles. The van der Waals surface area contributed by atoms with Crippen LogP contribution in [0.25, 0.3) is 0 Å². The number of hydrogen-bond acceptors (Lipinski definition) is 4. The molecule has 0 aliphatic heterocycles. The molecule has 0 aliphatic carbocycles. The summed E-state index contributed by atoms with van der Waals surface area (Å²) in [6.45, 7) is 1.84. The number of nitriles is 1. The molecule has 0 heterocycles. The summed E-state index contributed by atoms with van der Waals surface area (Å²) in [6, 6.07) is 25.9. The predicted molar refractivity (Wildman–Crippen MR) is 103 cm³/mol. The number of rotatable bonds is 7. The van der Waals surface area contributed by atoms with Crippen molar-refractivity contribution < 1.29 is 14.3 Å². The number of carbonyl (C=O) groups excluding carboxylic acids is 1. The van der Waals surface area contributed by atoms with E-state index in [1.165, 1.54) is 0 Å². The monoisotopic (exact) mass is 357 g/mol. The van der Waals surface area contributed by atoms with Crippen molar-refractivity contribution in [3.63, 3.8) is 0 Å². The molecule has 0 saturated carbocycles. The topological polar surface area (TPSA) is 59.3 Å². The Balaban J connectivity index is 1.58. The van der Waals surface area contributed by atoms with Crippen LogP contribution in [0, 0.1) is 18.3 Å². The van der Waals surface area contributed by atoms with Gasteiger partial charge in [0.2, 0.25) is 0 Å². The molecule has 4 heteroatoms. The zero-order chi connectivity index (χ0) is 19.1. The Morgan fingerprint density at radius 2 is 1.63 bits per heavy atom. The summed E-state index contributed by atoms with van der Waals surface area (Å²) >= 11 is 0. The van der Waals surface area contributed by atoms with Crippen LogP contribution >= 0.6 is 0 Å². The number of nitrogens with zero attached hydrogens (tertiary/aromatic N) is 1. The maximum absolute atomic E-state index is 12.3. The quantitative estimate of drug-likeness (QED) is 0.594. The first-order valence-electron chi connectivity index (χ1n) is 8.60. The van der Waals surface area contributed by atoms with Crippen molar-refractivity contribution in [1.82, 2.24) is 0 Å². The Bertz CT molecular complexity index is 943. The van der Waals surface area contributed by atoms with E-state index in [1.54, 1.807) is 48.5 Å². The van der Waals surface area contributed by atoms with Crippen LogP contribution in [0.5, 0.6) is 17.2 Å². The molecular formula is C23H19NO3. The van der Waals surface area contributed by atoms with Crippen LogP contribution in [0.2, 0.25) is 0 Å². The van der Waals surface area contributed by atoms with Crippen molar-refractivity contribution in [3.8, 4) is 23.3 Å². The lowest BCUT2D eigenvalue weighted by molar-refractivity contribution is -0.121. The lowest BCUT2D eigenvalue weighted by Crippen LogP contribution is -2.19. The van der Waals surface area contributed by atoms with Gasteiger partial charge < -0.3 is 9.47 Å². The van der Waals surface area contributed by atoms with Crippen LogP contribution in [0.1, 0.15) is 17.0 Å². The number of carbonyl (C=O) groups is 1. The van der Waals surface area contributed by atoms with Crippen LogP contribution in [-0.4, -0.2) is 12.4 Å². The molecule has 1 unspecified atom stereocenters. The first-order chi connectivity index (χ1) is 13.2. The zero-order valence-electron chi connectivity index (χ0n) is 15.0. The van der Waals surface area contributed by atoms with E-state index < -0.39 is 5.92 Å². The smallest absolute Gasteiger partial charge is 0.191 e. The number of Topliss-reactive ketones (excluding diaryl/α,β-unsaturated/α-hetero) is 1. The molecular weight excluding hydrogens is 338 g/mol. The molecule has 3 rings (SSSR count). The van der Waals surface area contributed by atoms with Crippen LogP contribution in [0.4, 0.5) is 0 Å². The Hall–Kier alpha value is -3.58. The normalized spacial score (nSPS) is 11.3. The maximum atomic E-state index is 12.3. The third kappa shape index (κ3) is 4.96. The van der Waals surface area contributed by atoms with Gasteiger partial charge in [0.25, 0.3) is 0 Å². The van der Waals surface area contributed by atoms with E-state index in [-0.39, 0.29) is 12.4 Å². The van der Waals surface area contributed by atoms with E-state index in [4.69, 9.17) is 9.47 Å². The number of ether oxygens (including phenoxy) is 2. The Morgan fingerprint density at radius 3 is 2.30 bits per heavy atom. The second kappa shape index (κ2) is 8.68. The van der Waals surface area contributed by atoms with Crippen LogP contribution < -0.4 is 9.47 Å². The Labute approximate surface area is 158 Å². The third-order valence-electron chi connectivity index (χ3n) is 4.01. The lowest BCUT2D eigenvalue weighted by Gasteiger charge is -2.11. The summed E-state index contributed by atoms with van der Waals surface area (Å²) in [5.41, 5.74) is 1.80. The molecule has 4 nitrogen and oxygen atoms in total. The van der Waals surface area contributed by atoms with Crippen molar-refractivity contribution in [2.75, 3.05) is 6.61 Å². The van der Waals surface area contributed by atoms with E-state index in [9.17, 15) is 10.1 Å². The van der Waals surface area contributed by atoms with E-state index in [0.717, 1.165) is 11.3 Å². The minimum absolute atomic E-state index is 0.162. The molecule has 3 aromatic rings. The fourth-order valence-electron chi connectivity index (χ4n) is 2.63. The van der Waals surface area contributed by atoms with E-state index >= 15 is 0 Å². The van der Waals surface area contributed by atoms with Crippen molar-refractivity contribution in [3.05, 3.63) is 90.0 Å². The molecule has 1 atom stereocenters. The number of aryl methyl sites for hydroxylation is 1. The highest BCUT2D eigenvalue weighted by molar-refractivity contribution is 5.89.